The molecule has 0 amide bonds. The molecule has 2 unspecified atom stereocenters. The molecule has 0 aromatic rings. The van der Waals surface area contributed by atoms with Gasteiger partial charge in [-0.1, -0.05) is 37.1 Å². The molecule has 0 aliphatic heterocycles. The third kappa shape index (κ3) is 1.59. The highest BCUT2D eigenvalue weighted by molar-refractivity contribution is 5.42. The van der Waals surface area contributed by atoms with Crippen LogP contribution in [0.2, 0.25) is 0 Å². The minimum Gasteiger partial charge on any atom is -0.0988 e. The summed E-state index contributed by atoms with van der Waals surface area (Å²) in [6.45, 7) is 4.02. The van der Waals surface area contributed by atoms with Gasteiger partial charge >= 0.3 is 0 Å². The lowest BCUT2D eigenvalue weighted by atomic mass is 9.65. The second-order valence-corrected chi connectivity index (χ2v) is 5.60. The van der Waals surface area contributed by atoms with E-state index in [-0.39, 0.29) is 0 Å². The van der Waals surface area contributed by atoms with E-state index in [1.54, 1.807) is 11.1 Å². The lowest BCUT2D eigenvalue weighted by Gasteiger charge is -2.40. The summed E-state index contributed by atoms with van der Waals surface area (Å²) in [6.07, 6.45) is 15.9. The van der Waals surface area contributed by atoms with Crippen molar-refractivity contribution in [2.45, 2.75) is 51.4 Å². The van der Waals surface area contributed by atoms with Crippen molar-refractivity contribution in [1.82, 2.24) is 0 Å². The molecule has 0 nitrogen and oxygen atoms in total. The van der Waals surface area contributed by atoms with Crippen molar-refractivity contribution in [3.8, 4) is 0 Å². The third-order valence-electron chi connectivity index (χ3n) is 4.77. The molecule has 0 bridgehead atoms. The van der Waals surface area contributed by atoms with Gasteiger partial charge in [-0.05, 0) is 61.5 Å². The predicted octanol–water partition coefficient (Wildman–Crippen LogP) is 4.79. The lowest BCUT2D eigenvalue weighted by molar-refractivity contribution is 0.296. The minimum atomic E-state index is 0.822. The van der Waals surface area contributed by atoms with Crippen molar-refractivity contribution in [1.29, 1.82) is 0 Å². The highest BCUT2D eigenvalue weighted by atomic mass is 14.4. The van der Waals surface area contributed by atoms with Crippen LogP contribution in [0.5, 0.6) is 0 Å². The molecule has 1 saturated carbocycles. The molecule has 0 heterocycles. The number of hydrogen-bond donors (Lipinski definition) is 0. The van der Waals surface area contributed by atoms with E-state index in [1.807, 2.05) is 5.57 Å². The molecule has 0 radical (unpaired) electrons. The van der Waals surface area contributed by atoms with Crippen LogP contribution < -0.4 is 0 Å². The van der Waals surface area contributed by atoms with Crippen molar-refractivity contribution in [3.63, 3.8) is 0 Å². The molecule has 3 rings (SSSR count). The van der Waals surface area contributed by atoms with Crippen LogP contribution in [0, 0.1) is 11.8 Å². The van der Waals surface area contributed by atoms with Gasteiger partial charge in [0.1, 0.15) is 0 Å². The summed E-state index contributed by atoms with van der Waals surface area (Å²) in [7, 11) is 0. The molecule has 0 N–H and O–H groups in total. The Bertz CT molecular complexity index is 356. The van der Waals surface area contributed by atoms with Gasteiger partial charge in [0.15, 0.2) is 0 Å². The number of allylic oxidation sites excluding steroid dienone is 5. The van der Waals surface area contributed by atoms with E-state index in [0.717, 1.165) is 11.8 Å². The summed E-state index contributed by atoms with van der Waals surface area (Å²) in [5.74, 6) is 1.71. The summed E-state index contributed by atoms with van der Waals surface area (Å²) in [5, 5.41) is 0. The molecule has 0 heteroatoms. The zero-order chi connectivity index (χ0) is 11.0. The van der Waals surface area contributed by atoms with Gasteiger partial charge in [0.2, 0.25) is 0 Å². The Hall–Kier alpha value is -0.780. The highest BCUT2D eigenvalue weighted by Gasteiger charge is 2.34. The standard InChI is InChI=1S/C16H22/c1-2-12-11-13-7-3-4-9-15(13)16-10-6-5-8-14(12)16/h2,11,14,16H,1,3-10H2. The fourth-order valence-electron chi connectivity index (χ4n) is 4.01. The Morgan fingerprint density at radius 3 is 2.56 bits per heavy atom. The molecule has 86 valence electrons. The van der Waals surface area contributed by atoms with Gasteiger partial charge in [-0.2, -0.15) is 0 Å². The Morgan fingerprint density at radius 1 is 1.00 bits per heavy atom. The van der Waals surface area contributed by atoms with Gasteiger partial charge in [-0.25, -0.2) is 0 Å². The summed E-state index contributed by atoms with van der Waals surface area (Å²) in [6, 6.07) is 0. The SMILES string of the molecule is C=CC1=CC2=C(CCCC2)C2CCCCC12. The van der Waals surface area contributed by atoms with Crippen LogP contribution >= 0.6 is 0 Å². The van der Waals surface area contributed by atoms with E-state index in [2.05, 4.69) is 18.7 Å². The van der Waals surface area contributed by atoms with Crippen molar-refractivity contribution in [2.75, 3.05) is 0 Å². The van der Waals surface area contributed by atoms with Crippen molar-refractivity contribution < 1.29 is 0 Å². The van der Waals surface area contributed by atoms with E-state index >= 15 is 0 Å². The van der Waals surface area contributed by atoms with Gasteiger partial charge in [0.25, 0.3) is 0 Å². The minimum absolute atomic E-state index is 0.822. The van der Waals surface area contributed by atoms with Crippen LogP contribution in [-0.2, 0) is 0 Å². The fraction of sp³-hybridized carbons (Fsp3) is 0.625. The number of rotatable bonds is 1. The Balaban J connectivity index is 2.00. The third-order valence-corrected chi connectivity index (χ3v) is 4.77. The van der Waals surface area contributed by atoms with Gasteiger partial charge in [-0.15, -0.1) is 0 Å². The van der Waals surface area contributed by atoms with Crippen molar-refractivity contribution in [3.05, 3.63) is 35.5 Å². The topological polar surface area (TPSA) is 0 Å². The van der Waals surface area contributed by atoms with Crippen LogP contribution in [0.1, 0.15) is 51.4 Å². The summed E-state index contributed by atoms with van der Waals surface area (Å²) >= 11 is 0. The Labute approximate surface area is 99.1 Å². The number of hydrogen-bond acceptors (Lipinski definition) is 0. The van der Waals surface area contributed by atoms with Crippen molar-refractivity contribution >= 4 is 0 Å². The maximum absolute atomic E-state index is 4.02. The molecule has 0 saturated heterocycles. The van der Waals surface area contributed by atoms with E-state index in [4.69, 9.17) is 0 Å². The first-order valence-electron chi connectivity index (χ1n) is 6.96. The van der Waals surface area contributed by atoms with E-state index in [0.29, 0.717) is 0 Å². The lowest BCUT2D eigenvalue weighted by Crippen LogP contribution is -2.27. The average molecular weight is 214 g/mol. The molecule has 0 aromatic heterocycles. The normalized spacial score (nSPS) is 33.9. The molecule has 3 aliphatic rings. The Morgan fingerprint density at radius 2 is 1.75 bits per heavy atom. The first-order valence-corrected chi connectivity index (χ1v) is 6.96. The van der Waals surface area contributed by atoms with Crippen LogP contribution in [0.15, 0.2) is 35.5 Å². The molecule has 0 aromatic carbocycles. The zero-order valence-electron chi connectivity index (χ0n) is 10.2. The molecule has 1 fully saturated rings. The second kappa shape index (κ2) is 4.24. The quantitative estimate of drug-likeness (QED) is 0.588. The number of fused-ring (bicyclic) bond motifs is 2. The van der Waals surface area contributed by atoms with Crippen LogP contribution in [-0.4, -0.2) is 0 Å². The molecular weight excluding hydrogens is 192 g/mol. The molecule has 3 aliphatic carbocycles. The van der Waals surface area contributed by atoms with Gasteiger partial charge < -0.3 is 0 Å². The van der Waals surface area contributed by atoms with E-state index < -0.39 is 0 Å². The average Bonchev–Trinajstić information content (AvgIpc) is 2.38. The summed E-state index contributed by atoms with van der Waals surface area (Å²) in [4.78, 5) is 0. The van der Waals surface area contributed by atoms with Crippen LogP contribution in [0.4, 0.5) is 0 Å². The summed E-state index contributed by atoms with van der Waals surface area (Å²) < 4.78 is 0. The maximum Gasteiger partial charge on any atom is -0.00962 e. The van der Waals surface area contributed by atoms with Gasteiger partial charge in [0, 0.05) is 0 Å². The summed E-state index contributed by atoms with van der Waals surface area (Å²) in [5.41, 5.74) is 5.07. The van der Waals surface area contributed by atoms with Gasteiger partial charge in [-0.3, -0.25) is 0 Å². The molecule has 2 atom stereocenters. The maximum atomic E-state index is 4.02. The van der Waals surface area contributed by atoms with Crippen molar-refractivity contribution in [2.24, 2.45) is 11.8 Å². The molecular formula is C16H22. The monoisotopic (exact) mass is 214 g/mol. The van der Waals surface area contributed by atoms with Gasteiger partial charge in [0.05, 0.1) is 0 Å². The predicted molar refractivity (Wildman–Crippen MR) is 69.2 cm³/mol. The smallest absolute Gasteiger partial charge is 0.00962 e. The van der Waals surface area contributed by atoms with E-state index in [1.165, 1.54) is 51.4 Å². The van der Waals surface area contributed by atoms with Crippen LogP contribution in [0.3, 0.4) is 0 Å². The first kappa shape index (κ1) is 10.4. The van der Waals surface area contributed by atoms with Crippen LogP contribution in [0.25, 0.3) is 0 Å². The Kier molecular flexibility index (Phi) is 2.75. The van der Waals surface area contributed by atoms with E-state index in [9.17, 15) is 0 Å². The largest absolute Gasteiger partial charge is 0.0988 e. The second-order valence-electron chi connectivity index (χ2n) is 5.60. The highest BCUT2D eigenvalue weighted by Crippen LogP contribution is 2.47. The zero-order valence-corrected chi connectivity index (χ0v) is 10.2. The first-order chi connectivity index (χ1) is 7.90. The molecule has 0 spiro atoms. The fourth-order valence-corrected chi connectivity index (χ4v) is 4.01. The molecule has 16 heavy (non-hydrogen) atoms.